The normalized spacial score (nSPS) is 2.40. The molecule has 0 aromatic heterocycles. The highest BCUT2D eigenvalue weighted by atomic mass is 79.9. The van der Waals surface area contributed by atoms with Crippen molar-refractivity contribution in [3.8, 4) is 0 Å². The maximum absolute atomic E-state index is 3.42. The lowest BCUT2D eigenvalue weighted by atomic mass is 11.3. The predicted molar refractivity (Wildman–Crippen MR) is 39.4 cm³/mol. The topological polar surface area (TPSA) is 0 Å². The summed E-state index contributed by atoms with van der Waals surface area (Å²) in [5.41, 5.74) is 0. The third kappa shape index (κ3) is 36.0. The Kier molecular flexibility index (Phi) is 61.4. The van der Waals surface area contributed by atoms with Crippen molar-refractivity contribution in [3.05, 3.63) is 11.5 Å². The van der Waals surface area contributed by atoms with Crippen molar-refractivity contribution in [3.63, 3.8) is 0 Å². The third-order valence-electron chi connectivity index (χ3n) is 0. The van der Waals surface area contributed by atoms with Crippen LogP contribution in [-0.2, 0) is 0 Å². The molecule has 0 aliphatic heterocycles. The number of hydrogen-bond donors (Lipinski definition) is 0. The molecule has 0 saturated carbocycles. The fourth-order valence-corrected chi connectivity index (χ4v) is 0. The molecule has 3 heteroatoms. The summed E-state index contributed by atoms with van der Waals surface area (Å²) in [6.07, 6.45) is 0. The molecule has 32 valence electrons. The number of rotatable bonds is 0. The molecule has 0 nitrogen and oxygen atoms in total. The van der Waals surface area contributed by atoms with E-state index in [0.29, 0.717) is 0 Å². The second kappa shape index (κ2) is 18.8. The van der Waals surface area contributed by atoms with E-state index < -0.39 is 0 Å². The van der Waals surface area contributed by atoms with Crippen molar-refractivity contribution >= 4 is 50.3 Å². The molecule has 0 heterocycles. The molecule has 0 atom stereocenters. The molecule has 0 radical (unpaired) electrons. The Morgan fingerprint density at radius 3 is 1.40 bits per heavy atom. The van der Waals surface area contributed by atoms with Gasteiger partial charge in [0.05, 0.1) is 0 Å². The van der Waals surface area contributed by atoms with Gasteiger partial charge in [-0.15, -0.1) is 40.5 Å². The standard InChI is InChI=1S/C2H3.Al.2BrH.2H/c1-2;;;;;/h1H,2H2;;2*1H;;. The molecular weight excluding hydrogens is 211 g/mol. The third-order valence-corrected chi connectivity index (χ3v) is 0. The van der Waals surface area contributed by atoms with Crippen LogP contribution < -0.4 is 0 Å². The van der Waals surface area contributed by atoms with Crippen molar-refractivity contribution < 1.29 is 0 Å². The molecule has 0 aromatic rings. The molecule has 0 rings (SSSR count). The summed E-state index contributed by atoms with van der Waals surface area (Å²) < 4.78 is 0. The fourth-order valence-electron chi connectivity index (χ4n) is 0. The van der Waals surface area contributed by atoms with Gasteiger partial charge in [0.15, 0.2) is 0 Å². The van der Waals surface area contributed by atoms with Gasteiger partial charge in [0, 0.05) is 0 Å². The average Bonchev–Trinajstić information content (AvgIpc) is 0.918. The highest BCUT2D eigenvalue weighted by molar-refractivity contribution is 8.93. The first-order chi connectivity index (χ1) is 1.41. The van der Waals surface area contributed by atoms with E-state index in [0.717, 1.165) is 16.3 Å². The second-order valence-corrected chi connectivity index (χ2v) is 1.22. The first-order valence-electron chi connectivity index (χ1n) is 0.986. The molecule has 0 fully saturated rings. The lowest BCUT2D eigenvalue weighted by molar-refractivity contribution is 2.63. The summed E-state index contributed by atoms with van der Waals surface area (Å²) in [4.78, 5) is 1.89. The Hall–Kier alpha value is 1.23. The lowest BCUT2D eigenvalue weighted by Crippen LogP contribution is -1.29. The minimum Gasteiger partial charge on any atom is -0.160 e. The zero-order valence-corrected chi connectivity index (χ0v) is 8.53. The summed E-state index contributed by atoms with van der Waals surface area (Å²) >= 11 is 1.13. The van der Waals surface area contributed by atoms with Gasteiger partial charge in [-0.1, -0.05) is 0 Å². The lowest BCUT2D eigenvalue weighted by Gasteiger charge is -1.26. The van der Waals surface area contributed by atoms with Crippen molar-refractivity contribution in [2.75, 3.05) is 0 Å². The molecule has 0 N–H and O–H groups in total. The molecule has 0 amide bonds. The van der Waals surface area contributed by atoms with Crippen molar-refractivity contribution in [1.82, 2.24) is 0 Å². The van der Waals surface area contributed by atoms with Crippen LogP contribution in [0.4, 0.5) is 0 Å². The predicted octanol–water partition coefficient (Wildman–Crippen LogP) is 0.919. The van der Waals surface area contributed by atoms with Crippen LogP contribution in [0.25, 0.3) is 0 Å². The van der Waals surface area contributed by atoms with Gasteiger partial charge in [0.25, 0.3) is 0 Å². The van der Waals surface area contributed by atoms with E-state index in [1.54, 1.807) is 0 Å². The number of hydrogen-bond acceptors (Lipinski definition) is 0. The van der Waals surface area contributed by atoms with Gasteiger partial charge < -0.3 is 0 Å². The van der Waals surface area contributed by atoms with Crippen LogP contribution in [0.2, 0.25) is 0 Å². The Balaban J connectivity index is -0.0000000200. The van der Waals surface area contributed by atoms with Gasteiger partial charge in [0.2, 0.25) is 16.3 Å². The molecule has 5 heavy (non-hydrogen) atoms. The molecular formula is C2H7AlBr2. The van der Waals surface area contributed by atoms with Gasteiger partial charge in [-0.3, -0.25) is 0 Å². The Labute approximate surface area is 61.6 Å². The summed E-state index contributed by atoms with van der Waals surface area (Å²) in [6, 6.07) is 0. The Morgan fingerprint density at radius 2 is 1.40 bits per heavy atom. The SMILES string of the molecule is Br.Br.C=[CH][AlH2]. The van der Waals surface area contributed by atoms with Gasteiger partial charge in [-0.2, -0.15) is 4.94 Å². The largest absolute Gasteiger partial charge is 0.245 e. The Morgan fingerprint density at radius 1 is 1.40 bits per heavy atom. The second-order valence-electron chi connectivity index (χ2n) is 0.408. The van der Waals surface area contributed by atoms with E-state index in [1.807, 2.05) is 4.94 Å². The first-order valence-corrected chi connectivity index (χ1v) is 2.14. The maximum atomic E-state index is 3.42. The van der Waals surface area contributed by atoms with Crippen LogP contribution >= 0.6 is 34.0 Å². The molecule has 0 aliphatic rings. The van der Waals surface area contributed by atoms with E-state index in [1.165, 1.54) is 0 Å². The molecule has 0 saturated heterocycles. The minimum atomic E-state index is 0. The highest BCUT2D eigenvalue weighted by Crippen LogP contribution is 1.24. The van der Waals surface area contributed by atoms with Crippen molar-refractivity contribution in [2.24, 2.45) is 0 Å². The minimum absolute atomic E-state index is 0. The van der Waals surface area contributed by atoms with Crippen LogP contribution in [0.5, 0.6) is 0 Å². The van der Waals surface area contributed by atoms with Gasteiger partial charge >= 0.3 is 0 Å². The summed E-state index contributed by atoms with van der Waals surface area (Å²) in [6.45, 7) is 3.42. The quantitative estimate of drug-likeness (QED) is 0.530. The number of halogens is 2. The van der Waals surface area contributed by atoms with Crippen molar-refractivity contribution in [1.29, 1.82) is 0 Å². The molecule has 0 spiro atoms. The molecule has 0 bridgehead atoms. The van der Waals surface area contributed by atoms with Gasteiger partial charge in [0.1, 0.15) is 0 Å². The van der Waals surface area contributed by atoms with Gasteiger partial charge in [-0.05, 0) is 0 Å². The van der Waals surface area contributed by atoms with Crippen LogP contribution in [-0.4, -0.2) is 16.3 Å². The Bertz CT molecular complexity index is 15.1. The van der Waals surface area contributed by atoms with E-state index in [-0.39, 0.29) is 34.0 Å². The molecule has 0 aliphatic carbocycles. The van der Waals surface area contributed by atoms with E-state index in [2.05, 4.69) is 6.58 Å². The zero-order valence-electron chi connectivity index (χ0n) is 3.10. The molecule has 0 unspecified atom stereocenters. The van der Waals surface area contributed by atoms with Crippen molar-refractivity contribution in [2.45, 2.75) is 0 Å². The smallest absolute Gasteiger partial charge is 0.160 e. The highest BCUT2D eigenvalue weighted by Gasteiger charge is 1.23. The first kappa shape index (κ1) is 16.3. The van der Waals surface area contributed by atoms with Crippen LogP contribution in [0.15, 0.2) is 11.5 Å². The van der Waals surface area contributed by atoms with Crippen LogP contribution in [0.1, 0.15) is 0 Å². The molecule has 0 aromatic carbocycles. The summed E-state index contributed by atoms with van der Waals surface area (Å²) in [7, 11) is 0. The fraction of sp³-hybridized carbons (Fsp3) is 0. The van der Waals surface area contributed by atoms with E-state index in [9.17, 15) is 0 Å². The zero-order chi connectivity index (χ0) is 2.71. The summed E-state index contributed by atoms with van der Waals surface area (Å²) in [5, 5.41) is 0. The monoisotopic (exact) mass is 216 g/mol. The average molecular weight is 218 g/mol. The van der Waals surface area contributed by atoms with E-state index in [4.69, 9.17) is 0 Å². The summed E-state index contributed by atoms with van der Waals surface area (Å²) in [5.74, 6) is 0. The van der Waals surface area contributed by atoms with E-state index >= 15 is 0 Å². The van der Waals surface area contributed by atoms with Crippen LogP contribution in [0.3, 0.4) is 0 Å². The van der Waals surface area contributed by atoms with Crippen LogP contribution in [0, 0.1) is 0 Å². The maximum Gasteiger partial charge on any atom is 0.245 e. The van der Waals surface area contributed by atoms with Gasteiger partial charge in [-0.25, -0.2) is 0 Å².